The Bertz CT molecular complexity index is 339. The van der Waals surface area contributed by atoms with Gasteiger partial charge < -0.3 is 15.5 Å². The van der Waals surface area contributed by atoms with Crippen LogP contribution in [0.1, 0.15) is 24.0 Å². The Balaban J connectivity index is 2.38. The molecule has 0 aliphatic heterocycles. The smallest absolute Gasteiger partial charge is 0.220 e. The summed E-state index contributed by atoms with van der Waals surface area (Å²) in [7, 11) is 0. The van der Waals surface area contributed by atoms with Crippen LogP contribution in [0.5, 0.6) is 0 Å². The quantitative estimate of drug-likeness (QED) is 0.660. The van der Waals surface area contributed by atoms with Gasteiger partial charge in [0.15, 0.2) is 0 Å². The molecule has 0 aliphatic rings. The highest BCUT2D eigenvalue weighted by molar-refractivity contribution is 5.75. The first kappa shape index (κ1) is 12.7. The molecule has 0 atom stereocenters. The van der Waals surface area contributed by atoms with Gasteiger partial charge in [0.2, 0.25) is 5.91 Å². The number of aliphatic hydroxyl groups excluding tert-OH is 2. The van der Waals surface area contributed by atoms with Crippen LogP contribution in [0.3, 0.4) is 0 Å². The van der Waals surface area contributed by atoms with E-state index in [1.54, 1.807) is 0 Å². The van der Waals surface area contributed by atoms with E-state index in [9.17, 15) is 4.79 Å². The van der Waals surface area contributed by atoms with Crippen molar-refractivity contribution >= 4 is 5.91 Å². The monoisotopic (exact) mass is 223 g/mol. The van der Waals surface area contributed by atoms with Crippen molar-refractivity contribution in [2.24, 2.45) is 0 Å². The molecule has 0 aliphatic carbocycles. The van der Waals surface area contributed by atoms with Crippen molar-refractivity contribution in [3.63, 3.8) is 0 Å². The van der Waals surface area contributed by atoms with Gasteiger partial charge in [0.05, 0.1) is 6.61 Å². The summed E-state index contributed by atoms with van der Waals surface area (Å²) < 4.78 is 0. The highest BCUT2D eigenvalue weighted by atomic mass is 16.3. The molecule has 1 amide bonds. The molecule has 0 radical (unpaired) electrons. The van der Waals surface area contributed by atoms with Crippen LogP contribution in [0.4, 0.5) is 0 Å². The molecule has 0 bridgehead atoms. The van der Waals surface area contributed by atoms with Gasteiger partial charge in [-0.2, -0.15) is 0 Å². The lowest BCUT2D eigenvalue weighted by Crippen LogP contribution is -2.22. The highest BCUT2D eigenvalue weighted by Gasteiger charge is 2.01. The summed E-state index contributed by atoms with van der Waals surface area (Å²) in [4.78, 5) is 11.3. The minimum Gasteiger partial charge on any atom is -0.396 e. The van der Waals surface area contributed by atoms with Gasteiger partial charge in [0.1, 0.15) is 0 Å². The minimum atomic E-state index is -0.0662. The molecular weight excluding hydrogens is 206 g/mol. The van der Waals surface area contributed by atoms with Crippen LogP contribution in [0.2, 0.25) is 0 Å². The molecule has 1 aromatic rings. The standard InChI is InChI=1S/C12H17NO3/c14-6-2-5-12(16)13-8-10-3-1-4-11(7-10)9-15/h1,3-4,7,14-15H,2,5-6,8-9H2,(H,13,16). The lowest BCUT2D eigenvalue weighted by molar-refractivity contribution is -0.121. The zero-order valence-corrected chi connectivity index (χ0v) is 9.15. The summed E-state index contributed by atoms with van der Waals surface area (Å²) >= 11 is 0. The van der Waals surface area contributed by atoms with E-state index < -0.39 is 0 Å². The molecule has 16 heavy (non-hydrogen) atoms. The zero-order valence-electron chi connectivity index (χ0n) is 9.15. The second kappa shape index (κ2) is 6.98. The van der Waals surface area contributed by atoms with Gasteiger partial charge >= 0.3 is 0 Å². The first-order valence-electron chi connectivity index (χ1n) is 5.32. The molecule has 0 heterocycles. The van der Waals surface area contributed by atoms with Gasteiger partial charge in [-0.05, 0) is 17.5 Å². The molecule has 4 nitrogen and oxygen atoms in total. The molecule has 0 aromatic heterocycles. The molecule has 0 saturated heterocycles. The molecule has 0 unspecified atom stereocenters. The normalized spacial score (nSPS) is 10.1. The number of rotatable bonds is 6. The summed E-state index contributed by atoms with van der Waals surface area (Å²) in [6.07, 6.45) is 0.832. The van der Waals surface area contributed by atoms with Crippen molar-refractivity contribution in [3.05, 3.63) is 35.4 Å². The highest BCUT2D eigenvalue weighted by Crippen LogP contribution is 2.04. The summed E-state index contributed by atoms with van der Waals surface area (Å²) in [5.74, 6) is -0.0662. The first-order valence-corrected chi connectivity index (χ1v) is 5.32. The lowest BCUT2D eigenvalue weighted by atomic mass is 10.1. The number of hydrogen-bond donors (Lipinski definition) is 3. The van der Waals surface area contributed by atoms with E-state index in [-0.39, 0.29) is 19.1 Å². The van der Waals surface area contributed by atoms with Crippen LogP contribution < -0.4 is 5.32 Å². The minimum absolute atomic E-state index is 0.00625. The van der Waals surface area contributed by atoms with Crippen molar-refractivity contribution in [2.75, 3.05) is 6.61 Å². The van der Waals surface area contributed by atoms with Crippen LogP contribution in [-0.4, -0.2) is 22.7 Å². The molecule has 0 spiro atoms. The molecule has 0 saturated carbocycles. The average molecular weight is 223 g/mol. The first-order chi connectivity index (χ1) is 7.76. The fourth-order valence-corrected chi connectivity index (χ4v) is 1.37. The van der Waals surface area contributed by atoms with E-state index in [4.69, 9.17) is 10.2 Å². The Labute approximate surface area is 94.9 Å². The summed E-state index contributed by atoms with van der Waals surface area (Å²) in [5, 5.41) is 20.3. The predicted octanol–water partition coefficient (Wildman–Crippen LogP) is 0.568. The van der Waals surface area contributed by atoms with E-state index in [1.165, 1.54) is 0 Å². The number of benzene rings is 1. The second-order valence-corrected chi connectivity index (χ2v) is 3.58. The van der Waals surface area contributed by atoms with Gasteiger partial charge in [-0.1, -0.05) is 24.3 Å². The fourth-order valence-electron chi connectivity index (χ4n) is 1.37. The third kappa shape index (κ3) is 4.42. The molecular formula is C12H17NO3. The lowest BCUT2D eigenvalue weighted by Gasteiger charge is -2.06. The van der Waals surface area contributed by atoms with Gasteiger partial charge in [-0.15, -0.1) is 0 Å². The number of carbonyl (C=O) groups excluding carboxylic acids is 1. The number of amides is 1. The summed E-state index contributed by atoms with van der Waals surface area (Å²) in [6.45, 7) is 0.498. The van der Waals surface area contributed by atoms with E-state index in [0.29, 0.717) is 19.4 Å². The van der Waals surface area contributed by atoms with Crippen LogP contribution in [0, 0.1) is 0 Å². The number of aliphatic hydroxyl groups is 2. The molecule has 0 fully saturated rings. The number of nitrogens with one attached hydrogen (secondary N) is 1. The van der Waals surface area contributed by atoms with E-state index in [1.807, 2.05) is 24.3 Å². The van der Waals surface area contributed by atoms with Crippen LogP contribution in [0.25, 0.3) is 0 Å². The van der Waals surface area contributed by atoms with E-state index in [0.717, 1.165) is 11.1 Å². The molecule has 1 rings (SSSR count). The van der Waals surface area contributed by atoms with Gasteiger partial charge in [-0.25, -0.2) is 0 Å². The van der Waals surface area contributed by atoms with Crippen molar-refractivity contribution in [1.82, 2.24) is 5.32 Å². The Morgan fingerprint density at radius 3 is 2.69 bits per heavy atom. The number of carbonyl (C=O) groups is 1. The molecule has 3 N–H and O–H groups in total. The van der Waals surface area contributed by atoms with Crippen LogP contribution in [-0.2, 0) is 17.9 Å². The number of hydrogen-bond acceptors (Lipinski definition) is 3. The van der Waals surface area contributed by atoms with Gasteiger partial charge in [0.25, 0.3) is 0 Å². The Kier molecular flexibility index (Phi) is 5.53. The zero-order chi connectivity index (χ0) is 11.8. The topological polar surface area (TPSA) is 69.6 Å². The maximum Gasteiger partial charge on any atom is 0.220 e. The van der Waals surface area contributed by atoms with Crippen LogP contribution in [0.15, 0.2) is 24.3 Å². The molecule has 1 aromatic carbocycles. The van der Waals surface area contributed by atoms with Crippen LogP contribution >= 0.6 is 0 Å². The third-order valence-corrected chi connectivity index (χ3v) is 2.23. The van der Waals surface area contributed by atoms with Crippen molar-refractivity contribution in [3.8, 4) is 0 Å². The Morgan fingerprint density at radius 1 is 1.25 bits per heavy atom. The summed E-state index contributed by atoms with van der Waals surface area (Å²) in [5.41, 5.74) is 1.80. The Morgan fingerprint density at radius 2 is 2.00 bits per heavy atom. The van der Waals surface area contributed by atoms with Gasteiger partial charge in [-0.3, -0.25) is 4.79 Å². The summed E-state index contributed by atoms with van der Waals surface area (Å²) in [6, 6.07) is 7.43. The maximum atomic E-state index is 11.3. The maximum absolute atomic E-state index is 11.3. The third-order valence-electron chi connectivity index (χ3n) is 2.23. The SMILES string of the molecule is O=C(CCCO)NCc1cccc(CO)c1. The van der Waals surface area contributed by atoms with E-state index in [2.05, 4.69) is 5.32 Å². The average Bonchev–Trinajstić information content (AvgIpc) is 2.34. The molecule has 88 valence electrons. The van der Waals surface area contributed by atoms with Crippen molar-refractivity contribution < 1.29 is 15.0 Å². The fraction of sp³-hybridized carbons (Fsp3) is 0.417. The predicted molar refractivity (Wildman–Crippen MR) is 60.5 cm³/mol. The van der Waals surface area contributed by atoms with Crippen molar-refractivity contribution in [2.45, 2.75) is 26.0 Å². The van der Waals surface area contributed by atoms with Crippen molar-refractivity contribution in [1.29, 1.82) is 0 Å². The van der Waals surface area contributed by atoms with Gasteiger partial charge in [0, 0.05) is 19.6 Å². The molecule has 4 heteroatoms. The largest absolute Gasteiger partial charge is 0.396 e. The second-order valence-electron chi connectivity index (χ2n) is 3.58. The Hall–Kier alpha value is -1.39. The van der Waals surface area contributed by atoms with E-state index >= 15 is 0 Å².